The molecule has 1 unspecified atom stereocenters. The van der Waals surface area contributed by atoms with E-state index in [1.807, 2.05) is 35.2 Å². The fourth-order valence-corrected chi connectivity index (χ4v) is 2.94. The number of aliphatic imine (C=N–C) groups is 1. The van der Waals surface area contributed by atoms with E-state index >= 15 is 0 Å². The summed E-state index contributed by atoms with van der Waals surface area (Å²) in [6, 6.07) is 10.5. The summed E-state index contributed by atoms with van der Waals surface area (Å²) in [5, 5.41) is 6.68. The van der Waals surface area contributed by atoms with E-state index in [4.69, 9.17) is 9.73 Å². The number of guanidine groups is 1. The molecule has 6 heteroatoms. The molecule has 1 saturated carbocycles. The molecule has 0 bridgehead atoms. The summed E-state index contributed by atoms with van der Waals surface area (Å²) in [5.74, 6) is 0.690. The van der Waals surface area contributed by atoms with Crippen molar-refractivity contribution < 1.29 is 9.53 Å². The first-order chi connectivity index (χ1) is 12.3. The number of carbonyl (C=O) groups is 1. The lowest BCUT2D eigenvalue weighted by atomic mass is 9.97. The number of hydrogen-bond acceptors (Lipinski definition) is 3. The van der Waals surface area contributed by atoms with E-state index in [9.17, 15) is 4.79 Å². The van der Waals surface area contributed by atoms with Crippen LogP contribution in [0.2, 0.25) is 0 Å². The van der Waals surface area contributed by atoms with Crippen molar-refractivity contribution in [3.8, 4) is 0 Å². The Kier molecular flexibility index (Phi) is 6.28. The summed E-state index contributed by atoms with van der Waals surface area (Å²) in [6.45, 7) is 5.86. The van der Waals surface area contributed by atoms with Crippen molar-refractivity contribution >= 4 is 11.9 Å². The zero-order valence-corrected chi connectivity index (χ0v) is 14.9. The third-order valence-electron chi connectivity index (χ3n) is 4.52. The molecule has 2 aliphatic rings. The molecule has 6 nitrogen and oxygen atoms in total. The largest absolute Gasteiger partial charge is 0.378 e. The first-order valence-electron chi connectivity index (χ1n) is 9.24. The van der Waals surface area contributed by atoms with E-state index in [1.165, 1.54) is 12.8 Å². The molecule has 1 atom stereocenters. The van der Waals surface area contributed by atoms with Crippen molar-refractivity contribution in [2.45, 2.75) is 31.7 Å². The Balaban J connectivity index is 1.74. The highest BCUT2D eigenvalue weighted by Gasteiger charge is 2.28. The van der Waals surface area contributed by atoms with Crippen LogP contribution in [0.3, 0.4) is 0 Å². The van der Waals surface area contributed by atoms with Gasteiger partial charge in [-0.3, -0.25) is 9.79 Å². The van der Waals surface area contributed by atoms with E-state index in [-0.39, 0.29) is 11.8 Å². The maximum Gasteiger partial charge on any atom is 0.232 e. The van der Waals surface area contributed by atoms with Gasteiger partial charge in [-0.2, -0.15) is 0 Å². The molecule has 3 rings (SSSR count). The van der Waals surface area contributed by atoms with Gasteiger partial charge < -0.3 is 20.3 Å². The van der Waals surface area contributed by atoms with Crippen LogP contribution in [0.15, 0.2) is 35.3 Å². The fraction of sp³-hybridized carbons (Fsp3) is 0.579. The summed E-state index contributed by atoms with van der Waals surface area (Å²) in [7, 11) is 0. The van der Waals surface area contributed by atoms with Gasteiger partial charge in [0.1, 0.15) is 0 Å². The molecule has 0 radical (unpaired) electrons. The topological polar surface area (TPSA) is 66.0 Å². The molecule has 1 aromatic rings. The van der Waals surface area contributed by atoms with Crippen molar-refractivity contribution in [3.05, 3.63) is 35.9 Å². The third kappa shape index (κ3) is 5.19. The lowest BCUT2D eigenvalue weighted by Gasteiger charge is -2.30. The van der Waals surface area contributed by atoms with E-state index < -0.39 is 0 Å². The monoisotopic (exact) mass is 344 g/mol. The Labute approximate surface area is 149 Å². The molecule has 1 aliphatic heterocycles. The van der Waals surface area contributed by atoms with Crippen molar-refractivity contribution in [2.75, 3.05) is 39.4 Å². The first kappa shape index (κ1) is 17.7. The Morgan fingerprint density at radius 2 is 2.00 bits per heavy atom. The Morgan fingerprint density at radius 1 is 1.28 bits per heavy atom. The molecule has 136 valence electrons. The molecule has 2 fully saturated rings. The first-order valence-corrected chi connectivity index (χ1v) is 9.24. The van der Waals surface area contributed by atoms with Gasteiger partial charge in [0.05, 0.1) is 25.7 Å². The summed E-state index contributed by atoms with van der Waals surface area (Å²) < 4.78 is 5.37. The molecule has 1 saturated heterocycles. The molecule has 0 spiro atoms. The summed E-state index contributed by atoms with van der Waals surface area (Å²) in [5.41, 5.74) is 1.02. The normalized spacial score (nSPS) is 19.4. The molecule has 2 N–H and O–H groups in total. The maximum absolute atomic E-state index is 13.1. The second kappa shape index (κ2) is 8.85. The van der Waals surface area contributed by atoms with Gasteiger partial charge in [-0.15, -0.1) is 0 Å². The number of benzene rings is 1. The SMILES string of the molecule is CCNC(=NCC(C(=O)N1CCOCC1)c1ccccc1)NC1CC1. The Bertz CT molecular complexity index is 580. The van der Waals surface area contributed by atoms with E-state index in [0.717, 1.165) is 18.1 Å². The van der Waals surface area contributed by atoms with Crippen molar-refractivity contribution in [1.82, 2.24) is 15.5 Å². The minimum absolute atomic E-state index is 0.139. The highest BCUT2D eigenvalue weighted by Crippen LogP contribution is 2.21. The van der Waals surface area contributed by atoms with Crippen LogP contribution in [0.5, 0.6) is 0 Å². The second-order valence-corrected chi connectivity index (χ2v) is 6.54. The number of nitrogens with zero attached hydrogens (tertiary/aromatic N) is 2. The van der Waals surface area contributed by atoms with Crippen LogP contribution in [0.25, 0.3) is 0 Å². The van der Waals surface area contributed by atoms with Crippen LogP contribution in [-0.4, -0.2) is 62.2 Å². The van der Waals surface area contributed by atoms with Crippen LogP contribution < -0.4 is 10.6 Å². The van der Waals surface area contributed by atoms with Gasteiger partial charge in [-0.05, 0) is 25.3 Å². The minimum atomic E-state index is -0.256. The van der Waals surface area contributed by atoms with Crippen LogP contribution in [0.1, 0.15) is 31.2 Å². The number of carbonyl (C=O) groups excluding carboxylic acids is 1. The molecule has 1 amide bonds. The van der Waals surface area contributed by atoms with Crippen LogP contribution in [0.4, 0.5) is 0 Å². The number of morpholine rings is 1. The highest BCUT2D eigenvalue weighted by molar-refractivity contribution is 5.85. The molecular formula is C19H28N4O2. The average molecular weight is 344 g/mol. The average Bonchev–Trinajstić information content (AvgIpc) is 3.47. The number of nitrogens with one attached hydrogen (secondary N) is 2. The standard InChI is InChI=1S/C19H28N4O2/c1-2-20-19(22-16-8-9-16)21-14-17(15-6-4-3-5-7-15)18(24)23-10-12-25-13-11-23/h3-7,16-17H,2,8-14H2,1H3,(H2,20,21,22). The second-order valence-electron chi connectivity index (χ2n) is 6.54. The minimum Gasteiger partial charge on any atom is -0.378 e. The zero-order valence-electron chi connectivity index (χ0n) is 14.9. The van der Waals surface area contributed by atoms with Gasteiger partial charge in [0.15, 0.2) is 5.96 Å². The quantitative estimate of drug-likeness (QED) is 0.604. The van der Waals surface area contributed by atoms with Gasteiger partial charge >= 0.3 is 0 Å². The van der Waals surface area contributed by atoms with Gasteiger partial charge in [0.25, 0.3) is 0 Å². The summed E-state index contributed by atoms with van der Waals surface area (Å²) >= 11 is 0. The Morgan fingerprint density at radius 3 is 2.64 bits per heavy atom. The Hall–Kier alpha value is -2.08. The van der Waals surface area contributed by atoms with E-state index in [2.05, 4.69) is 17.6 Å². The predicted octanol–water partition coefficient (Wildman–Crippen LogP) is 1.35. The molecule has 25 heavy (non-hydrogen) atoms. The molecule has 1 heterocycles. The molecule has 0 aromatic heterocycles. The predicted molar refractivity (Wildman–Crippen MR) is 98.7 cm³/mol. The van der Waals surface area contributed by atoms with Crippen LogP contribution >= 0.6 is 0 Å². The lowest BCUT2D eigenvalue weighted by molar-refractivity contribution is -0.136. The molecular weight excluding hydrogens is 316 g/mol. The third-order valence-corrected chi connectivity index (χ3v) is 4.52. The van der Waals surface area contributed by atoms with Crippen molar-refractivity contribution in [1.29, 1.82) is 0 Å². The van der Waals surface area contributed by atoms with Gasteiger partial charge in [0, 0.05) is 25.7 Å². The van der Waals surface area contributed by atoms with Gasteiger partial charge in [-0.25, -0.2) is 0 Å². The molecule has 1 aliphatic carbocycles. The maximum atomic E-state index is 13.1. The van der Waals surface area contributed by atoms with Gasteiger partial charge in [0.2, 0.25) is 5.91 Å². The smallest absolute Gasteiger partial charge is 0.232 e. The zero-order chi connectivity index (χ0) is 17.5. The number of ether oxygens (including phenoxy) is 1. The summed E-state index contributed by atoms with van der Waals surface area (Å²) in [6.07, 6.45) is 2.39. The van der Waals surface area contributed by atoms with Gasteiger partial charge in [-0.1, -0.05) is 30.3 Å². The van der Waals surface area contributed by atoms with Crippen LogP contribution in [-0.2, 0) is 9.53 Å². The summed E-state index contributed by atoms with van der Waals surface area (Å²) in [4.78, 5) is 19.7. The fourth-order valence-electron chi connectivity index (χ4n) is 2.94. The van der Waals surface area contributed by atoms with E-state index in [1.54, 1.807) is 0 Å². The van der Waals surface area contributed by atoms with Crippen molar-refractivity contribution in [2.24, 2.45) is 4.99 Å². The number of hydrogen-bond donors (Lipinski definition) is 2. The highest BCUT2D eigenvalue weighted by atomic mass is 16.5. The number of amides is 1. The lowest BCUT2D eigenvalue weighted by Crippen LogP contribution is -2.44. The van der Waals surface area contributed by atoms with Crippen LogP contribution in [0, 0.1) is 0 Å². The van der Waals surface area contributed by atoms with Crippen molar-refractivity contribution in [3.63, 3.8) is 0 Å². The number of rotatable bonds is 6. The molecule has 1 aromatic carbocycles. The van der Waals surface area contributed by atoms with E-state index in [0.29, 0.717) is 38.9 Å².